The molecule has 6 nitrogen and oxygen atoms in total. The molecule has 1 aliphatic heterocycles. The van der Waals surface area contributed by atoms with Crippen LogP contribution in [0.3, 0.4) is 0 Å². The van der Waals surface area contributed by atoms with Crippen LogP contribution >= 0.6 is 0 Å². The lowest BCUT2D eigenvalue weighted by Crippen LogP contribution is -2.23. The first kappa shape index (κ1) is 20.6. The molecule has 158 valence electrons. The third kappa shape index (κ3) is 3.76. The van der Waals surface area contributed by atoms with Gasteiger partial charge in [-0.15, -0.1) is 0 Å². The Hall–Kier alpha value is -3.68. The van der Waals surface area contributed by atoms with Crippen molar-refractivity contribution in [3.63, 3.8) is 0 Å². The number of halogens is 2. The molecule has 2 heterocycles. The second-order valence-corrected chi connectivity index (χ2v) is 7.39. The van der Waals surface area contributed by atoms with Crippen LogP contribution in [-0.4, -0.2) is 28.1 Å². The van der Waals surface area contributed by atoms with Crippen molar-refractivity contribution in [1.82, 2.24) is 9.97 Å². The average molecular weight is 421 g/mol. The summed E-state index contributed by atoms with van der Waals surface area (Å²) in [6, 6.07) is 11.3. The highest BCUT2D eigenvalue weighted by Gasteiger charge is 2.39. The number of hydrogen-bond donors (Lipinski definition) is 1. The van der Waals surface area contributed by atoms with E-state index in [-0.39, 0.29) is 5.75 Å². The summed E-state index contributed by atoms with van der Waals surface area (Å²) >= 11 is 0. The standard InChI is InChI=1S/C23H21F2N5O/c1-13-7-19(8-14(2)20(13)31-22(24)25)23(29-15(3)21(26)30-23)18-6-4-5-16(9-18)17-10-27-12-28-11-17/h4-12,22H,1-3H3,(H2,26,30). The van der Waals surface area contributed by atoms with Gasteiger partial charge >= 0.3 is 6.61 Å². The van der Waals surface area contributed by atoms with Gasteiger partial charge in [-0.2, -0.15) is 8.78 Å². The number of aryl methyl sites for hydroxylation is 2. The Labute approximate surface area is 178 Å². The van der Waals surface area contributed by atoms with Gasteiger partial charge in [0.2, 0.25) is 5.66 Å². The molecule has 0 saturated carbocycles. The van der Waals surface area contributed by atoms with Crippen molar-refractivity contribution >= 4 is 11.5 Å². The number of hydrogen-bond acceptors (Lipinski definition) is 6. The normalized spacial score (nSPS) is 18.1. The number of aromatic nitrogens is 2. The van der Waals surface area contributed by atoms with Gasteiger partial charge in [-0.1, -0.05) is 18.2 Å². The van der Waals surface area contributed by atoms with Crippen molar-refractivity contribution in [3.05, 3.63) is 77.4 Å². The van der Waals surface area contributed by atoms with Crippen LogP contribution in [0.5, 0.6) is 5.75 Å². The second-order valence-electron chi connectivity index (χ2n) is 7.39. The molecule has 0 radical (unpaired) electrons. The van der Waals surface area contributed by atoms with Gasteiger partial charge in [-0.05, 0) is 55.7 Å². The molecule has 0 amide bonds. The third-order valence-corrected chi connectivity index (χ3v) is 5.21. The Morgan fingerprint density at radius 2 is 1.58 bits per heavy atom. The van der Waals surface area contributed by atoms with Crippen molar-refractivity contribution < 1.29 is 13.5 Å². The van der Waals surface area contributed by atoms with Gasteiger partial charge in [0.25, 0.3) is 0 Å². The van der Waals surface area contributed by atoms with Gasteiger partial charge in [0.1, 0.15) is 17.9 Å². The maximum absolute atomic E-state index is 12.8. The van der Waals surface area contributed by atoms with E-state index in [1.54, 1.807) is 45.3 Å². The molecule has 1 atom stereocenters. The fourth-order valence-corrected chi connectivity index (χ4v) is 3.80. The highest BCUT2D eigenvalue weighted by atomic mass is 19.3. The van der Waals surface area contributed by atoms with Crippen molar-refractivity contribution in [2.24, 2.45) is 15.7 Å². The van der Waals surface area contributed by atoms with E-state index < -0.39 is 12.3 Å². The molecule has 4 rings (SSSR count). The monoisotopic (exact) mass is 421 g/mol. The molecular weight excluding hydrogens is 400 g/mol. The first-order valence-electron chi connectivity index (χ1n) is 9.65. The Kier molecular flexibility index (Phi) is 5.22. The number of benzene rings is 2. The van der Waals surface area contributed by atoms with E-state index in [1.165, 1.54) is 6.33 Å². The molecule has 8 heteroatoms. The van der Waals surface area contributed by atoms with Crippen LogP contribution in [-0.2, 0) is 5.66 Å². The first-order chi connectivity index (χ1) is 14.8. The lowest BCUT2D eigenvalue weighted by atomic mass is 9.88. The zero-order chi connectivity index (χ0) is 22.2. The molecule has 0 bridgehead atoms. The van der Waals surface area contributed by atoms with Crippen LogP contribution in [0.15, 0.2) is 65.1 Å². The summed E-state index contributed by atoms with van der Waals surface area (Å²) in [5.41, 5.74) is 9.99. The molecule has 2 aromatic carbocycles. The summed E-state index contributed by atoms with van der Waals surface area (Å²) in [7, 11) is 0. The van der Waals surface area contributed by atoms with E-state index >= 15 is 0 Å². The summed E-state index contributed by atoms with van der Waals surface area (Å²) in [6.07, 6.45) is 4.92. The quantitative estimate of drug-likeness (QED) is 0.662. The fourth-order valence-electron chi connectivity index (χ4n) is 3.80. The first-order valence-corrected chi connectivity index (χ1v) is 9.65. The highest BCUT2D eigenvalue weighted by molar-refractivity contribution is 6.41. The topological polar surface area (TPSA) is 85.8 Å². The zero-order valence-electron chi connectivity index (χ0n) is 17.3. The SMILES string of the molecule is CC1=NC(c2cccc(-c3cncnc3)c2)(c2cc(C)c(OC(F)F)c(C)c2)N=C1N. The zero-order valence-corrected chi connectivity index (χ0v) is 17.3. The molecule has 0 saturated heterocycles. The molecule has 2 N–H and O–H groups in total. The van der Waals surface area contributed by atoms with Crippen molar-refractivity contribution in [1.29, 1.82) is 0 Å². The number of alkyl halides is 2. The molecule has 0 fully saturated rings. The Balaban J connectivity index is 1.90. The molecule has 0 spiro atoms. The van der Waals surface area contributed by atoms with E-state index in [1.807, 2.05) is 24.3 Å². The predicted molar refractivity (Wildman–Crippen MR) is 116 cm³/mol. The van der Waals surface area contributed by atoms with E-state index in [9.17, 15) is 8.78 Å². The molecule has 1 unspecified atom stereocenters. The largest absolute Gasteiger partial charge is 0.434 e. The number of ether oxygens (including phenoxy) is 1. The average Bonchev–Trinajstić information content (AvgIpc) is 3.07. The van der Waals surface area contributed by atoms with Gasteiger partial charge in [-0.3, -0.25) is 0 Å². The predicted octanol–water partition coefficient (Wildman–Crippen LogP) is 4.39. The van der Waals surface area contributed by atoms with E-state index in [0.29, 0.717) is 28.2 Å². The van der Waals surface area contributed by atoms with Crippen LogP contribution in [0.1, 0.15) is 29.2 Å². The second kappa shape index (κ2) is 7.86. The fraction of sp³-hybridized carbons (Fsp3) is 0.217. The summed E-state index contributed by atoms with van der Waals surface area (Å²) in [5.74, 6) is 0.483. The van der Waals surface area contributed by atoms with Gasteiger partial charge in [-0.25, -0.2) is 20.0 Å². The third-order valence-electron chi connectivity index (χ3n) is 5.21. The smallest absolute Gasteiger partial charge is 0.387 e. The van der Waals surface area contributed by atoms with E-state index in [2.05, 4.69) is 9.97 Å². The van der Waals surface area contributed by atoms with Gasteiger partial charge in [0.15, 0.2) is 0 Å². The number of nitrogens with two attached hydrogens (primary N) is 1. The molecular formula is C23H21F2N5O. The summed E-state index contributed by atoms with van der Waals surface area (Å²) < 4.78 is 30.4. The minimum Gasteiger partial charge on any atom is -0.434 e. The number of amidine groups is 1. The van der Waals surface area contributed by atoms with Crippen LogP contribution in [0.2, 0.25) is 0 Å². The Bertz CT molecular complexity index is 1150. The van der Waals surface area contributed by atoms with Gasteiger partial charge < -0.3 is 10.5 Å². The van der Waals surface area contributed by atoms with Crippen LogP contribution < -0.4 is 10.5 Å². The van der Waals surface area contributed by atoms with Crippen molar-refractivity contribution in [3.8, 4) is 16.9 Å². The lowest BCUT2D eigenvalue weighted by Gasteiger charge is -2.26. The summed E-state index contributed by atoms with van der Waals surface area (Å²) in [5, 5.41) is 0. The van der Waals surface area contributed by atoms with Crippen molar-refractivity contribution in [2.75, 3.05) is 0 Å². The highest BCUT2D eigenvalue weighted by Crippen LogP contribution is 2.42. The number of nitrogens with zero attached hydrogens (tertiary/aromatic N) is 4. The number of rotatable bonds is 5. The summed E-state index contributed by atoms with van der Waals surface area (Å²) in [4.78, 5) is 17.7. The minimum absolute atomic E-state index is 0.153. The van der Waals surface area contributed by atoms with E-state index in [0.717, 1.165) is 16.7 Å². The van der Waals surface area contributed by atoms with Crippen LogP contribution in [0, 0.1) is 13.8 Å². The molecule has 1 aliphatic rings. The van der Waals surface area contributed by atoms with Gasteiger partial charge in [0.05, 0.1) is 5.71 Å². The maximum atomic E-state index is 12.8. The van der Waals surface area contributed by atoms with E-state index in [4.69, 9.17) is 20.5 Å². The molecule has 3 aromatic rings. The molecule has 0 aliphatic carbocycles. The van der Waals surface area contributed by atoms with Gasteiger partial charge in [0, 0.05) is 29.1 Å². The Morgan fingerprint density at radius 3 is 2.16 bits per heavy atom. The minimum atomic E-state index is -2.90. The van der Waals surface area contributed by atoms with Crippen molar-refractivity contribution in [2.45, 2.75) is 33.0 Å². The number of aliphatic imine (C=N–C) groups is 2. The Morgan fingerprint density at radius 1 is 0.903 bits per heavy atom. The molecule has 31 heavy (non-hydrogen) atoms. The van der Waals surface area contributed by atoms with Crippen LogP contribution in [0.25, 0.3) is 11.1 Å². The molecule has 1 aromatic heterocycles. The lowest BCUT2D eigenvalue weighted by molar-refractivity contribution is -0.0507. The maximum Gasteiger partial charge on any atom is 0.387 e. The van der Waals surface area contributed by atoms with Crippen LogP contribution in [0.4, 0.5) is 8.78 Å². The summed E-state index contributed by atoms with van der Waals surface area (Å²) in [6.45, 7) is 2.34.